The van der Waals surface area contributed by atoms with Gasteiger partial charge in [-0.1, -0.05) is 199 Å². The number of rotatable bonds is 7. The van der Waals surface area contributed by atoms with Crippen molar-refractivity contribution < 1.29 is 80.4 Å². The monoisotopic (exact) mass is 2180 g/mol. The number of fused-ring (bicyclic) bond motifs is 18. The summed E-state index contributed by atoms with van der Waals surface area (Å²) in [5.74, 6) is 1.45. The Morgan fingerprint density at radius 1 is 0.336 bits per heavy atom. The fourth-order valence-corrected chi connectivity index (χ4v) is 15.8. The van der Waals surface area contributed by atoms with Crippen LogP contribution in [0.1, 0.15) is 111 Å². The number of para-hydroxylation sites is 2. The molecule has 12 heteroatoms. The van der Waals surface area contributed by atoms with E-state index in [1.807, 2.05) is 79.8 Å². The Morgan fingerprint density at radius 2 is 0.779 bits per heavy atom. The fraction of sp³-hybridized carbons (Fsp3) is 0.168. The maximum Gasteiger partial charge on any atom is 0.0608 e. The van der Waals surface area contributed by atoms with Gasteiger partial charge in [-0.25, -0.2) is 0 Å². The van der Waals surface area contributed by atoms with Crippen molar-refractivity contribution in [3.8, 4) is 61.6 Å². The zero-order chi connectivity index (χ0) is 75.6. The Balaban J connectivity index is 0.000000150. The number of benzene rings is 12. The normalized spacial score (nSPS) is 11.4. The molecule has 0 spiro atoms. The summed E-state index contributed by atoms with van der Waals surface area (Å²) in [6, 6.07) is 94.0. The Kier molecular flexibility index (Phi) is 24.8. The fourth-order valence-electron chi connectivity index (χ4n) is 15.8. The number of pyridine rings is 3. The van der Waals surface area contributed by atoms with Crippen LogP contribution in [0.25, 0.3) is 144 Å². The summed E-state index contributed by atoms with van der Waals surface area (Å²) < 4.78 is 8.63. The SMILES string of the molecule is CC(C)c1ccc(-c2ccc3c(c2)c2ccc[c-]c2c2nccn32)cc1.Cc1cc2c3ccc[c-]c3c3nccn3c2cc1C.Cc1cccc(C)c1-n1ccnc1-c1[c-]ccc(-c2c(C)c(-c3ccc(C(C)(C)C)cc3)cc(-c3ccc(C(C)(C)C)cc3)c2C)c1.[Ir].[Ir].[Ir].[Ir].[c-]1cccc2c1c1nccn1c1ccccc21. The summed E-state index contributed by atoms with van der Waals surface area (Å²) >= 11 is 0. The van der Waals surface area contributed by atoms with Crippen molar-refractivity contribution in [3.63, 3.8) is 0 Å². The molecule has 0 atom stereocenters. The summed E-state index contributed by atoms with van der Waals surface area (Å²) in [4.78, 5) is 18.3. The van der Waals surface area contributed by atoms with Gasteiger partial charge in [0.25, 0.3) is 0 Å². The summed E-state index contributed by atoms with van der Waals surface area (Å²) in [5.41, 5.74) is 30.4. The van der Waals surface area contributed by atoms with Crippen molar-refractivity contribution in [2.45, 2.75) is 114 Å². The van der Waals surface area contributed by atoms with E-state index >= 15 is 0 Å². The van der Waals surface area contributed by atoms with E-state index in [1.54, 1.807) is 0 Å². The van der Waals surface area contributed by atoms with E-state index in [2.05, 4.69) is 348 Å². The molecule has 113 heavy (non-hydrogen) atoms. The van der Waals surface area contributed by atoms with Crippen LogP contribution in [-0.4, -0.2) is 37.7 Å². The predicted molar refractivity (Wildman–Crippen MR) is 457 cm³/mol. The van der Waals surface area contributed by atoms with E-state index in [0.717, 1.165) is 44.5 Å². The van der Waals surface area contributed by atoms with Crippen LogP contribution < -0.4 is 0 Å². The third-order valence-electron chi connectivity index (χ3n) is 21.9. The van der Waals surface area contributed by atoms with Gasteiger partial charge < -0.3 is 17.8 Å². The maximum atomic E-state index is 4.84. The molecular weight excluding hydrogens is 2090 g/mol. The van der Waals surface area contributed by atoms with E-state index in [1.165, 1.54) is 149 Å². The molecule has 0 N–H and O–H groups in total. The molecule has 0 saturated heterocycles. The molecule has 0 fully saturated rings. The van der Waals surface area contributed by atoms with Crippen molar-refractivity contribution in [2.75, 3.05) is 0 Å². The number of imidazole rings is 4. The van der Waals surface area contributed by atoms with E-state index in [4.69, 9.17) is 4.98 Å². The van der Waals surface area contributed by atoms with Gasteiger partial charge in [-0.05, 0) is 188 Å². The summed E-state index contributed by atoms with van der Waals surface area (Å²) in [6.45, 7) is 31.3. The largest absolute Gasteiger partial charge is 0.340 e. The first-order valence-electron chi connectivity index (χ1n) is 37.8. The van der Waals surface area contributed by atoms with Gasteiger partial charge in [-0.3, -0.25) is 19.9 Å². The summed E-state index contributed by atoms with van der Waals surface area (Å²) in [6.07, 6.45) is 15.5. The molecule has 0 amide bonds. The van der Waals surface area contributed by atoms with Crippen molar-refractivity contribution >= 4 is 82.0 Å². The average molecular weight is 2180 g/mol. The minimum atomic E-state index is 0. The molecule has 0 bridgehead atoms. The average Bonchev–Trinajstić information content (AvgIpc) is 1.66. The zero-order valence-corrected chi connectivity index (χ0v) is 75.5. The van der Waals surface area contributed by atoms with Crippen LogP contribution in [0.15, 0.2) is 274 Å². The first-order chi connectivity index (χ1) is 52.7. The Labute approximate surface area is 717 Å². The Morgan fingerprint density at radius 3 is 1.29 bits per heavy atom. The van der Waals surface area contributed by atoms with Gasteiger partial charge in [0.05, 0.1) is 22.8 Å². The van der Waals surface area contributed by atoms with E-state index < -0.39 is 0 Å². The molecule has 572 valence electrons. The number of nitrogens with zero attached hydrogens (tertiary/aromatic N) is 8. The Bertz CT molecular complexity index is 6490. The topological polar surface area (TPSA) is 69.7 Å². The van der Waals surface area contributed by atoms with Crippen LogP contribution in [-0.2, 0) is 91.3 Å². The molecule has 0 aliphatic carbocycles. The quantitative estimate of drug-likeness (QED) is 0.118. The van der Waals surface area contributed by atoms with Gasteiger partial charge >= 0.3 is 0 Å². The smallest absolute Gasteiger partial charge is 0.0608 e. The molecule has 0 aliphatic heterocycles. The first kappa shape index (κ1) is 82.5. The first-order valence-corrected chi connectivity index (χ1v) is 37.8. The molecular formula is C101H88Ir4N8-4. The van der Waals surface area contributed by atoms with Crippen LogP contribution in [0.2, 0.25) is 0 Å². The molecule has 12 aromatic carbocycles. The van der Waals surface area contributed by atoms with Crippen molar-refractivity contribution in [1.29, 1.82) is 0 Å². The van der Waals surface area contributed by atoms with E-state index in [9.17, 15) is 0 Å². The van der Waals surface area contributed by atoms with Crippen LogP contribution in [0.4, 0.5) is 0 Å². The molecule has 0 unspecified atom stereocenters. The number of aryl methyl sites for hydroxylation is 4. The molecule has 8 nitrogen and oxygen atoms in total. The molecule has 0 saturated carbocycles. The second-order valence-corrected chi connectivity index (χ2v) is 31.3. The number of aromatic nitrogens is 8. The molecule has 7 heterocycles. The minimum Gasteiger partial charge on any atom is -0.340 e. The van der Waals surface area contributed by atoms with E-state index in [0.29, 0.717) is 5.92 Å². The number of hydrogen-bond donors (Lipinski definition) is 0. The third kappa shape index (κ3) is 16.0. The van der Waals surface area contributed by atoms with Gasteiger partial charge in [-0.2, -0.15) is 0 Å². The summed E-state index contributed by atoms with van der Waals surface area (Å²) in [5, 5.41) is 10.6. The molecule has 19 aromatic rings. The van der Waals surface area contributed by atoms with Gasteiger partial charge in [0, 0.05) is 152 Å². The van der Waals surface area contributed by atoms with Crippen molar-refractivity contribution in [1.82, 2.24) is 37.7 Å². The van der Waals surface area contributed by atoms with E-state index in [-0.39, 0.29) is 91.3 Å². The van der Waals surface area contributed by atoms with Crippen molar-refractivity contribution in [3.05, 3.63) is 348 Å². The molecule has 4 radical (unpaired) electrons. The second-order valence-electron chi connectivity index (χ2n) is 31.3. The number of hydrogen-bond acceptors (Lipinski definition) is 4. The van der Waals surface area contributed by atoms with Gasteiger partial charge in [0.2, 0.25) is 0 Å². The molecule has 19 rings (SSSR count). The van der Waals surface area contributed by atoms with Crippen LogP contribution in [0.3, 0.4) is 0 Å². The van der Waals surface area contributed by atoms with Crippen LogP contribution >= 0.6 is 0 Å². The van der Waals surface area contributed by atoms with Gasteiger partial charge in [-0.15, -0.1) is 124 Å². The second kappa shape index (κ2) is 34.0. The van der Waals surface area contributed by atoms with Gasteiger partial charge in [0.1, 0.15) is 0 Å². The molecule has 7 aromatic heterocycles. The summed E-state index contributed by atoms with van der Waals surface area (Å²) in [7, 11) is 0. The third-order valence-corrected chi connectivity index (χ3v) is 21.9. The zero-order valence-electron chi connectivity index (χ0n) is 66.0. The molecule has 0 aliphatic rings. The standard InChI is InChI=1S/C45H47N2.C24H19N2.C17H13N2.C15H9N2.4Ir/c1-29-13-11-14-30(2)42(29)47-26-25-46-43(47)36-16-12-15-35(27-36)41-31(3)39(33-17-21-37(22-18-33)44(5,6)7)28-40(32(41)4)34-19-23-38(24-20-34)45(8,9)10;1-16(2)17-7-9-18(10-8-17)19-11-12-23-22(15-19)20-5-3-4-6-21(20)24-25-13-14-26(23)24;1-11-9-15-13-5-3-4-6-14(13)17-18-7-8-19(17)16(15)10-12(11)2;1-2-7-13-11(5-1)12-6-3-4-8-14(12)17-10-9-16-15(13)17;;;;/h11-15,17-28H,1-10H3;3-5,7-16H,1-2H3;3-5,7-10H,1-2H3;1-6,8-10H;;;;/q4*-1;;;;. The Hall–Kier alpha value is -9.92. The van der Waals surface area contributed by atoms with Gasteiger partial charge in [0.15, 0.2) is 0 Å². The predicted octanol–water partition coefficient (Wildman–Crippen LogP) is 25.9. The van der Waals surface area contributed by atoms with Crippen molar-refractivity contribution in [2.24, 2.45) is 0 Å². The maximum absolute atomic E-state index is 4.84. The minimum absolute atomic E-state index is 0. The van der Waals surface area contributed by atoms with Crippen LogP contribution in [0.5, 0.6) is 0 Å². The van der Waals surface area contributed by atoms with Crippen LogP contribution in [0, 0.1) is 65.8 Å².